The number of carbonyl (C=O) groups is 1. The van der Waals surface area contributed by atoms with Crippen molar-refractivity contribution in [3.05, 3.63) is 108 Å². The Balaban J connectivity index is 1.56. The predicted molar refractivity (Wildman–Crippen MR) is 122 cm³/mol. The second-order valence-electron chi connectivity index (χ2n) is 7.28. The highest BCUT2D eigenvalue weighted by Crippen LogP contribution is 2.33. The summed E-state index contributed by atoms with van der Waals surface area (Å²) < 4.78 is 7.50. The van der Waals surface area contributed by atoms with E-state index in [1.54, 1.807) is 10.7 Å². The zero-order chi connectivity index (χ0) is 21.9. The van der Waals surface area contributed by atoms with Crippen molar-refractivity contribution in [3.8, 4) is 28.1 Å². The Morgan fingerprint density at radius 1 is 0.844 bits per heavy atom. The fraction of sp³-hybridized carbons (Fsp3) is 0.0385. The summed E-state index contributed by atoms with van der Waals surface area (Å²) in [5, 5.41) is 13.8. The molecule has 0 atom stereocenters. The summed E-state index contributed by atoms with van der Waals surface area (Å²) in [7, 11) is 0. The molecule has 5 aromatic rings. The molecule has 0 spiro atoms. The van der Waals surface area contributed by atoms with Gasteiger partial charge in [0.1, 0.15) is 17.9 Å². The van der Waals surface area contributed by atoms with E-state index < -0.39 is 5.97 Å². The quantitative estimate of drug-likeness (QED) is 0.400. The molecule has 2 aromatic heterocycles. The number of carboxylic acid groups (broad SMARTS) is 1. The minimum Gasteiger partial charge on any atom is -0.489 e. The third kappa shape index (κ3) is 3.70. The molecule has 156 valence electrons. The summed E-state index contributed by atoms with van der Waals surface area (Å²) in [6.45, 7) is 0.482. The molecule has 6 nitrogen and oxygen atoms in total. The number of hydrogen-bond donors (Lipinski definition) is 1. The van der Waals surface area contributed by atoms with Crippen LogP contribution in [0.1, 0.15) is 15.9 Å². The van der Waals surface area contributed by atoms with E-state index in [-0.39, 0.29) is 5.56 Å². The van der Waals surface area contributed by atoms with Gasteiger partial charge in [-0.25, -0.2) is 14.3 Å². The first kappa shape index (κ1) is 19.5. The van der Waals surface area contributed by atoms with Gasteiger partial charge in [-0.15, -0.1) is 0 Å². The van der Waals surface area contributed by atoms with Crippen molar-refractivity contribution in [3.63, 3.8) is 0 Å². The maximum atomic E-state index is 11.6. The lowest BCUT2D eigenvalue weighted by molar-refractivity contribution is 0.0698. The van der Waals surface area contributed by atoms with Crippen LogP contribution in [0.15, 0.2) is 97.3 Å². The van der Waals surface area contributed by atoms with Gasteiger partial charge in [0.05, 0.1) is 11.9 Å². The van der Waals surface area contributed by atoms with Crippen LogP contribution in [0, 0.1) is 0 Å². The smallest absolute Gasteiger partial charge is 0.341 e. The lowest BCUT2D eigenvalue weighted by Gasteiger charge is -2.13. The van der Waals surface area contributed by atoms with Crippen LogP contribution in [-0.2, 0) is 6.61 Å². The van der Waals surface area contributed by atoms with Crippen LogP contribution in [-0.4, -0.2) is 25.7 Å². The van der Waals surface area contributed by atoms with Crippen LogP contribution in [0.25, 0.3) is 28.0 Å². The van der Waals surface area contributed by atoms with Crippen LogP contribution < -0.4 is 4.74 Å². The van der Waals surface area contributed by atoms with E-state index in [0.29, 0.717) is 12.3 Å². The summed E-state index contributed by atoms with van der Waals surface area (Å²) in [4.78, 5) is 16.0. The number of aromatic carboxylic acids is 1. The van der Waals surface area contributed by atoms with E-state index in [1.165, 1.54) is 6.20 Å². The molecule has 6 heteroatoms. The molecule has 0 saturated heterocycles. The predicted octanol–water partition coefficient (Wildman–Crippen LogP) is 5.34. The molecule has 0 aliphatic rings. The average Bonchev–Trinajstić information content (AvgIpc) is 3.28. The van der Waals surface area contributed by atoms with Gasteiger partial charge in [0.2, 0.25) is 0 Å². The van der Waals surface area contributed by atoms with E-state index in [9.17, 15) is 9.90 Å². The molecule has 1 N–H and O–H groups in total. The number of benzene rings is 3. The van der Waals surface area contributed by atoms with Crippen molar-refractivity contribution < 1.29 is 14.6 Å². The number of ether oxygens (including phenoxy) is 1. The van der Waals surface area contributed by atoms with Crippen molar-refractivity contribution in [1.82, 2.24) is 14.6 Å². The minimum atomic E-state index is -1.06. The highest BCUT2D eigenvalue weighted by molar-refractivity contribution is 5.95. The van der Waals surface area contributed by atoms with E-state index >= 15 is 0 Å². The summed E-state index contributed by atoms with van der Waals surface area (Å²) >= 11 is 0. The maximum Gasteiger partial charge on any atom is 0.341 e. The first-order valence-corrected chi connectivity index (χ1v) is 10.1. The van der Waals surface area contributed by atoms with Crippen LogP contribution >= 0.6 is 0 Å². The Hall–Kier alpha value is -4.45. The Labute approximate surface area is 184 Å². The minimum absolute atomic E-state index is 0.0636. The molecule has 2 heterocycles. The molecule has 0 radical (unpaired) electrons. The number of aromatic nitrogens is 3. The first-order valence-electron chi connectivity index (χ1n) is 10.1. The number of hydrogen-bond acceptors (Lipinski definition) is 4. The van der Waals surface area contributed by atoms with Gasteiger partial charge >= 0.3 is 5.97 Å². The summed E-state index contributed by atoms with van der Waals surface area (Å²) in [6.07, 6.45) is 3.04. The molecular formula is C26H19N3O3. The lowest BCUT2D eigenvalue weighted by atomic mass is 10.0. The van der Waals surface area contributed by atoms with Gasteiger partial charge in [-0.2, -0.15) is 5.10 Å². The molecule has 0 aliphatic heterocycles. The van der Waals surface area contributed by atoms with Crippen LogP contribution in [0.3, 0.4) is 0 Å². The fourth-order valence-corrected chi connectivity index (χ4v) is 3.64. The van der Waals surface area contributed by atoms with Gasteiger partial charge in [0.15, 0.2) is 5.65 Å². The molecule has 5 rings (SSSR count). The van der Waals surface area contributed by atoms with Crippen molar-refractivity contribution >= 4 is 11.6 Å². The molecule has 0 saturated carbocycles. The normalized spacial score (nSPS) is 10.9. The Kier molecular flexibility index (Phi) is 5.09. The Morgan fingerprint density at radius 3 is 2.22 bits per heavy atom. The van der Waals surface area contributed by atoms with Crippen molar-refractivity contribution in [2.45, 2.75) is 6.61 Å². The lowest BCUT2D eigenvalue weighted by Crippen LogP contribution is -2.02. The zero-order valence-corrected chi connectivity index (χ0v) is 17.1. The monoisotopic (exact) mass is 421 g/mol. The standard InChI is InChI=1S/C26H19N3O3/c30-26(31)23-16-28-29-24(22(15-27-25(23)29)19-9-5-2-6-10-19)20-11-13-21(14-12-20)32-17-18-7-3-1-4-8-18/h1-16H,17H2,(H,30,31). The molecular weight excluding hydrogens is 402 g/mol. The molecule has 0 unspecified atom stereocenters. The Bertz CT molecular complexity index is 1380. The van der Waals surface area contributed by atoms with Gasteiger partial charge in [-0.05, 0) is 35.4 Å². The zero-order valence-electron chi connectivity index (χ0n) is 17.1. The van der Waals surface area contributed by atoms with E-state index in [0.717, 1.165) is 33.7 Å². The molecule has 0 fully saturated rings. The molecule has 0 amide bonds. The third-order valence-corrected chi connectivity index (χ3v) is 5.22. The highest BCUT2D eigenvalue weighted by Gasteiger charge is 2.19. The first-order chi connectivity index (χ1) is 15.7. The van der Waals surface area contributed by atoms with Crippen molar-refractivity contribution in [1.29, 1.82) is 0 Å². The number of carboxylic acids is 1. The van der Waals surface area contributed by atoms with Crippen molar-refractivity contribution in [2.24, 2.45) is 0 Å². The van der Waals surface area contributed by atoms with Gasteiger partial charge in [-0.3, -0.25) is 0 Å². The number of rotatable bonds is 6. The van der Waals surface area contributed by atoms with Crippen LogP contribution in [0.2, 0.25) is 0 Å². The summed E-state index contributed by atoms with van der Waals surface area (Å²) in [5.41, 5.74) is 4.93. The second-order valence-corrected chi connectivity index (χ2v) is 7.28. The van der Waals surface area contributed by atoms with E-state index in [4.69, 9.17) is 4.74 Å². The van der Waals surface area contributed by atoms with Crippen LogP contribution in [0.4, 0.5) is 0 Å². The third-order valence-electron chi connectivity index (χ3n) is 5.22. The van der Waals surface area contributed by atoms with E-state index in [2.05, 4.69) is 10.1 Å². The maximum absolute atomic E-state index is 11.6. The van der Waals surface area contributed by atoms with Gasteiger partial charge < -0.3 is 9.84 Å². The molecule has 3 aromatic carbocycles. The van der Waals surface area contributed by atoms with Crippen LogP contribution in [0.5, 0.6) is 5.75 Å². The largest absolute Gasteiger partial charge is 0.489 e. The topological polar surface area (TPSA) is 76.7 Å². The summed E-state index contributed by atoms with van der Waals surface area (Å²) in [5.74, 6) is -0.313. The van der Waals surface area contributed by atoms with E-state index in [1.807, 2.05) is 84.9 Å². The van der Waals surface area contributed by atoms with Gasteiger partial charge in [0.25, 0.3) is 0 Å². The molecule has 0 aliphatic carbocycles. The SMILES string of the molecule is O=C(O)c1cnn2c(-c3ccc(OCc4ccccc4)cc3)c(-c3ccccc3)cnc12. The van der Waals surface area contributed by atoms with Gasteiger partial charge in [0, 0.05) is 17.3 Å². The average molecular weight is 421 g/mol. The fourth-order valence-electron chi connectivity index (χ4n) is 3.64. The van der Waals surface area contributed by atoms with Crippen molar-refractivity contribution in [2.75, 3.05) is 0 Å². The highest BCUT2D eigenvalue weighted by atomic mass is 16.5. The molecule has 0 bridgehead atoms. The van der Waals surface area contributed by atoms with Gasteiger partial charge in [-0.1, -0.05) is 60.7 Å². The molecule has 32 heavy (non-hydrogen) atoms. The summed E-state index contributed by atoms with van der Waals surface area (Å²) in [6, 6.07) is 27.5. The number of nitrogens with zero attached hydrogens (tertiary/aromatic N) is 3. The second kappa shape index (κ2) is 8.35. The Morgan fingerprint density at radius 2 is 1.53 bits per heavy atom. The number of fused-ring (bicyclic) bond motifs is 1.